The Morgan fingerprint density at radius 3 is 2.66 bits per heavy atom. The first-order chi connectivity index (χ1) is 15.2. The van der Waals surface area contributed by atoms with Crippen LogP contribution in [0.5, 0.6) is 0 Å². The third-order valence-corrected chi connectivity index (χ3v) is 6.28. The van der Waals surface area contributed by atoms with Gasteiger partial charge in [0.05, 0.1) is 11.6 Å². The van der Waals surface area contributed by atoms with Gasteiger partial charge in [0.15, 0.2) is 0 Å². The number of alkyl halides is 3. The van der Waals surface area contributed by atoms with Gasteiger partial charge >= 0.3 is 6.18 Å². The summed E-state index contributed by atoms with van der Waals surface area (Å²) in [5, 5.41) is 7.21. The van der Waals surface area contributed by atoms with E-state index in [9.17, 15) is 18.0 Å². The quantitative estimate of drug-likeness (QED) is 0.770. The first-order valence-corrected chi connectivity index (χ1v) is 11.0. The van der Waals surface area contributed by atoms with Crippen LogP contribution in [0.4, 0.5) is 13.2 Å². The number of amides is 1. The Kier molecular flexibility index (Phi) is 6.52. The summed E-state index contributed by atoms with van der Waals surface area (Å²) in [5.41, 5.74) is -0.485. The number of carbonyl (C=O) groups excluding carboxylic acids is 1. The van der Waals surface area contributed by atoms with Crippen molar-refractivity contribution in [2.24, 2.45) is 0 Å². The summed E-state index contributed by atoms with van der Waals surface area (Å²) in [6.07, 6.45) is -3.07. The minimum atomic E-state index is -4.43. The summed E-state index contributed by atoms with van der Waals surface area (Å²) in [6.45, 7) is 7.89. The topological polar surface area (TPSA) is 74.5 Å². The molecule has 1 aromatic carbocycles. The van der Waals surface area contributed by atoms with E-state index in [2.05, 4.69) is 34.2 Å². The van der Waals surface area contributed by atoms with Crippen molar-refractivity contribution in [3.05, 3.63) is 35.7 Å². The Morgan fingerprint density at radius 2 is 1.97 bits per heavy atom. The van der Waals surface area contributed by atoms with Crippen molar-refractivity contribution in [2.75, 3.05) is 32.7 Å². The lowest BCUT2D eigenvalue weighted by Gasteiger charge is -2.39. The zero-order valence-corrected chi connectivity index (χ0v) is 18.2. The van der Waals surface area contributed by atoms with E-state index in [0.29, 0.717) is 44.4 Å². The summed E-state index contributed by atoms with van der Waals surface area (Å²) in [7, 11) is 0. The molecule has 174 valence electrons. The van der Waals surface area contributed by atoms with Crippen LogP contribution in [0, 0.1) is 0 Å². The second kappa shape index (κ2) is 9.19. The van der Waals surface area contributed by atoms with Crippen LogP contribution in [0.2, 0.25) is 0 Å². The van der Waals surface area contributed by atoms with Gasteiger partial charge in [0.2, 0.25) is 17.6 Å². The minimum absolute atomic E-state index is 0.0161. The van der Waals surface area contributed by atoms with Gasteiger partial charge in [-0.25, -0.2) is 0 Å². The second-order valence-electron chi connectivity index (χ2n) is 8.73. The third-order valence-electron chi connectivity index (χ3n) is 6.28. The van der Waals surface area contributed by atoms with Gasteiger partial charge in [-0.05, 0) is 38.8 Å². The van der Waals surface area contributed by atoms with E-state index < -0.39 is 11.7 Å². The molecule has 3 heterocycles. The number of hydrogen-bond acceptors (Lipinski definition) is 6. The maximum Gasteiger partial charge on any atom is 0.416 e. The van der Waals surface area contributed by atoms with Gasteiger partial charge in [-0.1, -0.05) is 17.3 Å². The molecule has 0 radical (unpaired) electrons. The summed E-state index contributed by atoms with van der Waals surface area (Å²) in [5.74, 6) is 0.651. The second-order valence-corrected chi connectivity index (χ2v) is 8.73. The van der Waals surface area contributed by atoms with Crippen LogP contribution < -0.4 is 5.32 Å². The molecule has 0 bridgehead atoms. The number of piperazine rings is 1. The van der Waals surface area contributed by atoms with E-state index in [1.54, 1.807) is 0 Å². The summed E-state index contributed by atoms with van der Waals surface area (Å²) < 4.78 is 44.3. The van der Waals surface area contributed by atoms with Gasteiger partial charge in [-0.15, -0.1) is 0 Å². The highest BCUT2D eigenvalue weighted by Crippen LogP contribution is 2.33. The van der Waals surface area contributed by atoms with Crippen molar-refractivity contribution in [2.45, 2.75) is 50.9 Å². The first kappa shape index (κ1) is 22.7. The molecule has 10 heteroatoms. The lowest BCUT2D eigenvalue weighted by Crippen LogP contribution is -2.59. The highest BCUT2D eigenvalue weighted by molar-refractivity contribution is 5.82. The molecule has 2 fully saturated rings. The largest absolute Gasteiger partial charge is 0.416 e. The van der Waals surface area contributed by atoms with Crippen LogP contribution >= 0.6 is 0 Å². The predicted octanol–water partition coefficient (Wildman–Crippen LogP) is 3.14. The molecule has 2 aliphatic heterocycles. The smallest absolute Gasteiger partial charge is 0.341 e. The molecule has 0 unspecified atom stereocenters. The summed E-state index contributed by atoms with van der Waals surface area (Å²) in [6, 6.07) is 5.10. The molecule has 0 saturated carbocycles. The Bertz CT molecular complexity index is 938. The van der Waals surface area contributed by atoms with E-state index in [-0.39, 0.29) is 29.3 Å². The Balaban J connectivity index is 1.36. The molecular weight excluding hydrogens is 423 g/mol. The molecule has 0 spiro atoms. The average molecular weight is 451 g/mol. The molecular formula is C22H28F3N5O2. The number of aromatic nitrogens is 2. The predicted molar refractivity (Wildman–Crippen MR) is 112 cm³/mol. The maximum atomic E-state index is 13.0. The van der Waals surface area contributed by atoms with E-state index >= 15 is 0 Å². The molecule has 4 rings (SSSR count). The average Bonchev–Trinajstić information content (AvgIpc) is 3.29. The monoisotopic (exact) mass is 451 g/mol. The number of likely N-dealkylation sites (tertiary alicyclic amines) is 1. The molecule has 1 N–H and O–H groups in total. The van der Waals surface area contributed by atoms with Crippen LogP contribution in [0.1, 0.15) is 44.1 Å². The normalized spacial score (nSPS) is 21.3. The molecule has 2 saturated heterocycles. The van der Waals surface area contributed by atoms with E-state index in [1.807, 2.05) is 4.90 Å². The fourth-order valence-electron chi connectivity index (χ4n) is 4.33. The first-order valence-electron chi connectivity index (χ1n) is 11.0. The van der Waals surface area contributed by atoms with Crippen LogP contribution in [0.15, 0.2) is 28.8 Å². The van der Waals surface area contributed by atoms with E-state index in [1.165, 1.54) is 12.1 Å². The van der Waals surface area contributed by atoms with E-state index in [4.69, 9.17) is 4.52 Å². The van der Waals surface area contributed by atoms with Crippen molar-refractivity contribution >= 4 is 5.91 Å². The number of rotatable bonds is 4. The molecule has 1 atom stereocenters. The Morgan fingerprint density at radius 1 is 1.22 bits per heavy atom. The van der Waals surface area contributed by atoms with Crippen LogP contribution in [-0.4, -0.2) is 70.7 Å². The SMILES string of the molecule is CC(C)N1CCN[C@@H](C(=O)N2CCC(c3nc(-c4cccc(C(F)(F)F)c4)no3)CC2)C1. The lowest BCUT2D eigenvalue weighted by molar-refractivity contribution is -0.137. The fourth-order valence-corrected chi connectivity index (χ4v) is 4.33. The van der Waals surface area contributed by atoms with Gasteiger partial charge in [0.1, 0.15) is 0 Å². The van der Waals surface area contributed by atoms with E-state index in [0.717, 1.165) is 25.2 Å². The van der Waals surface area contributed by atoms with Crippen molar-refractivity contribution in [1.29, 1.82) is 0 Å². The third kappa shape index (κ3) is 4.96. The maximum absolute atomic E-state index is 13.0. The number of carbonyl (C=O) groups is 1. The summed E-state index contributed by atoms with van der Waals surface area (Å²) >= 11 is 0. The molecule has 2 aliphatic rings. The zero-order chi connectivity index (χ0) is 22.9. The number of benzene rings is 1. The fraction of sp³-hybridized carbons (Fsp3) is 0.591. The number of nitrogens with one attached hydrogen (secondary N) is 1. The van der Waals surface area contributed by atoms with Gasteiger partial charge in [0.25, 0.3) is 0 Å². The van der Waals surface area contributed by atoms with Gasteiger partial charge in [0, 0.05) is 50.2 Å². The standard InChI is InChI=1S/C22H28F3N5O2/c1-14(2)30-11-8-26-18(13-30)21(31)29-9-6-15(7-10-29)20-27-19(28-32-20)16-4-3-5-17(12-16)22(23,24)25/h3-5,12,14-15,18,26H,6-11,13H2,1-2H3/t18-/m1/s1. The molecule has 0 aliphatic carbocycles. The van der Waals surface area contributed by atoms with Crippen molar-refractivity contribution < 1.29 is 22.5 Å². The van der Waals surface area contributed by atoms with Crippen LogP contribution in [0.3, 0.4) is 0 Å². The van der Waals surface area contributed by atoms with Gasteiger partial charge < -0.3 is 14.7 Å². The molecule has 1 aromatic heterocycles. The van der Waals surface area contributed by atoms with Crippen molar-refractivity contribution in [3.63, 3.8) is 0 Å². The van der Waals surface area contributed by atoms with Crippen molar-refractivity contribution in [3.8, 4) is 11.4 Å². The number of halogens is 3. The lowest BCUT2D eigenvalue weighted by atomic mass is 9.96. The van der Waals surface area contributed by atoms with Crippen molar-refractivity contribution in [1.82, 2.24) is 25.3 Å². The molecule has 1 amide bonds. The highest BCUT2D eigenvalue weighted by atomic mass is 19.4. The minimum Gasteiger partial charge on any atom is -0.341 e. The highest BCUT2D eigenvalue weighted by Gasteiger charge is 2.34. The van der Waals surface area contributed by atoms with Crippen LogP contribution in [-0.2, 0) is 11.0 Å². The number of nitrogens with zero attached hydrogens (tertiary/aromatic N) is 4. The van der Waals surface area contributed by atoms with Crippen LogP contribution in [0.25, 0.3) is 11.4 Å². The van der Waals surface area contributed by atoms with Gasteiger partial charge in [-0.3, -0.25) is 9.69 Å². The molecule has 32 heavy (non-hydrogen) atoms. The Labute approximate surface area is 184 Å². The number of piperidine rings is 1. The van der Waals surface area contributed by atoms with Gasteiger partial charge in [-0.2, -0.15) is 18.2 Å². The Hall–Kier alpha value is -2.46. The summed E-state index contributed by atoms with van der Waals surface area (Å²) in [4.78, 5) is 21.5. The zero-order valence-electron chi connectivity index (χ0n) is 18.2. The molecule has 7 nitrogen and oxygen atoms in total. The molecule has 2 aromatic rings. The number of hydrogen-bond donors (Lipinski definition) is 1.